The van der Waals surface area contributed by atoms with Crippen molar-refractivity contribution in [2.24, 2.45) is 0 Å². The summed E-state index contributed by atoms with van der Waals surface area (Å²) < 4.78 is 33.8. The molecule has 0 spiro atoms. The molecule has 41 heavy (non-hydrogen) atoms. The van der Waals surface area contributed by atoms with Crippen LogP contribution in [0.5, 0.6) is 5.75 Å². The zero-order chi connectivity index (χ0) is 28.9. The van der Waals surface area contributed by atoms with E-state index in [1.54, 1.807) is 19.1 Å². The van der Waals surface area contributed by atoms with Crippen molar-refractivity contribution in [2.75, 3.05) is 17.0 Å². The highest BCUT2D eigenvalue weighted by molar-refractivity contribution is 7.92. The third kappa shape index (κ3) is 7.17. The van der Waals surface area contributed by atoms with Crippen LogP contribution in [-0.2, 0) is 36.0 Å². The van der Waals surface area contributed by atoms with Crippen molar-refractivity contribution in [2.45, 2.75) is 51.5 Å². The summed E-state index contributed by atoms with van der Waals surface area (Å²) in [4.78, 5) is 2.36. The number of hydrogen-bond donors (Lipinski definition) is 2. The average Bonchev–Trinajstić information content (AvgIpc) is 3.34. The monoisotopic (exact) mass is 570 g/mol. The molecule has 0 radical (unpaired) electrons. The Kier molecular flexibility index (Phi) is 8.78. The van der Waals surface area contributed by atoms with Gasteiger partial charge in [0, 0.05) is 18.6 Å². The Bertz CT molecular complexity index is 1530. The van der Waals surface area contributed by atoms with Gasteiger partial charge in [-0.3, -0.25) is 9.62 Å². The highest BCUT2D eigenvalue weighted by atomic mass is 32.2. The van der Waals surface area contributed by atoms with Crippen molar-refractivity contribution in [1.29, 1.82) is 0 Å². The van der Waals surface area contributed by atoms with E-state index in [-0.39, 0.29) is 11.3 Å². The number of sulfonamides is 1. The fourth-order valence-electron chi connectivity index (χ4n) is 5.54. The summed E-state index contributed by atoms with van der Waals surface area (Å²) in [5.74, 6) is 0.350. The normalized spacial score (nSPS) is 14.9. The molecule has 1 aliphatic rings. The van der Waals surface area contributed by atoms with Gasteiger partial charge in [-0.05, 0) is 66.6 Å². The molecule has 0 fully saturated rings. The minimum atomic E-state index is -3.56. The predicted octanol–water partition coefficient (Wildman–Crippen LogP) is 6.12. The van der Waals surface area contributed by atoms with Gasteiger partial charge < -0.3 is 9.84 Å². The summed E-state index contributed by atoms with van der Waals surface area (Å²) >= 11 is 0. The Morgan fingerprint density at radius 2 is 1.46 bits per heavy atom. The van der Waals surface area contributed by atoms with Crippen molar-refractivity contribution in [3.63, 3.8) is 0 Å². The number of ether oxygens (including phenoxy) is 1. The fourth-order valence-corrected chi connectivity index (χ4v) is 6.18. The zero-order valence-electron chi connectivity index (χ0n) is 23.7. The van der Waals surface area contributed by atoms with Gasteiger partial charge >= 0.3 is 0 Å². The van der Waals surface area contributed by atoms with Crippen LogP contribution in [0.2, 0.25) is 0 Å². The lowest BCUT2D eigenvalue weighted by atomic mass is 9.93. The smallest absolute Gasteiger partial charge is 0.232 e. The van der Waals surface area contributed by atoms with Crippen molar-refractivity contribution in [1.82, 2.24) is 4.90 Å². The number of nitrogens with zero attached hydrogens (tertiary/aromatic N) is 1. The largest absolute Gasteiger partial charge is 0.487 e. The van der Waals surface area contributed by atoms with Crippen LogP contribution < -0.4 is 9.46 Å². The van der Waals surface area contributed by atoms with Crippen molar-refractivity contribution >= 4 is 15.7 Å². The zero-order valence-corrected chi connectivity index (χ0v) is 24.5. The van der Waals surface area contributed by atoms with Crippen LogP contribution in [0.3, 0.4) is 0 Å². The number of β-amino-alcohol motifs (C(OH)–C–C–N with tert-alkyl or cyclic N) is 1. The van der Waals surface area contributed by atoms with Crippen LogP contribution >= 0.6 is 0 Å². The first-order chi connectivity index (χ1) is 19.7. The molecule has 5 rings (SSSR count). The lowest BCUT2D eigenvalue weighted by Crippen LogP contribution is -2.48. The number of anilines is 1. The summed E-state index contributed by atoms with van der Waals surface area (Å²) in [5.41, 5.74) is 5.63. The van der Waals surface area contributed by atoms with E-state index >= 15 is 0 Å². The van der Waals surface area contributed by atoms with E-state index in [0.717, 1.165) is 18.4 Å². The third-order valence-electron chi connectivity index (χ3n) is 7.91. The van der Waals surface area contributed by atoms with Crippen LogP contribution in [0.1, 0.15) is 47.8 Å². The molecular weight excluding hydrogens is 532 g/mol. The number of aliphatic hydroxyl groups is 1. The van der Waals surface area contributed by atoms with Crippen LogP contribution in [0.25, 0.3) is 0 Å². The maximum Gasteiger partial charge on any atom is 0.232 e. The van der Waals surface area contributed by atoms with Gasteiger partial charge in [-0.25, -0.2) is 8.42 Å². The van der Waals surface area contributed by atoms with Gasteiger partial charge in [0.1, 0.15) is 12.4 Å². The SMILES string of the molecule is CCS(=O)(=O)Nc1cc([C@@H](O)CN(Cc2ccccc2)C2(C)Cc3ccccc3C2)ccc1OCc1ccccc1. The van der Waals surface area contributed by atoms with Gasteiger partial charge in [-0.15, -0.1) is 0 Å². The molecule has 4 aromatic carbocycles. The van der Waals surface area contributed by atoms with Crippen LogP contribution in [-0.4, -0.2) is 36.3 Å². The van der Waals surface area contributed by atoms with Crippen LogP contribution in [0, 0.1) is 0 Å². The first-order valence-corrected chi connectivity index (χ1v) is 15.7. The standard InChI is InChI=1S/C34H38N2O4S/c1-3-41(38,39)35-31-20-28(18-19-33(31)40-25-27-14-8-5-9-15-27)32(37)24-36(23-26-12-6-4-7-13-26)34(2)21-29-16-10-11-17-30(29)22-34/h4-20,32,35,37H,3,21-25H2,1-2H3/t32-/m0/s1. The molecular formula is C34H38N2O4S. The lowest BCUT2D eigenvalue weighted by Gasteiger charge is -2.40. The number of hydrogen-bond acceptors (Lipinski definition) is 5. The molecule has 0 heterocycles. The second kappa shape index (κ2) is 12.5. The number of nitrogens with one attached hydrogen (secondary N) is 1. The molecule has 0 aliphatic heterocycles. The first kappa shape index (κ1) is 28.9. The van der Waals surface area contributed by atoms with E-state index in [0.29, 0.717) is 36.7 Å². The predicted molar refractivity (Wildman–Crippen MR) is 164 cm³/mol. The number of aliphatic hydroxyl groups excluding tert-OH is 1. The molecule has 7 heteroatoms. The number of rotatable bonds is 12. The highest BCUT2D eigenvalue weighted by Gasteiger charge is 2.39. The average molecular weight is 571 g/mol. The van der Waals surface area contributed by atoms with E-state index in [1.807, 2.05) is 54.6 Å². The first-order valence-electron chi connectivity index (χ1n) is 14.1. The van der Waals surface area contributed by atoms with E-state index in [2.05, 4.69) is 52.9 Å². The van der Waals surface area contributed by atoms with E-state index in [9.17, 15) is 13.5 Å². The van der Waals surface area contributed by atoms with E-state index < -0.39 is 16.1 Å². The molecule has 0 saturated heterocycles. The van der Waals surface area contributed by atoms with Gasteiger partial charge in [0.05, 0.1) is 17.5 Å². The van der Waals surface area contributed by atoms with Crippen molar-refractivity contribution in [3.05, 3.63) is 131 Å². The summed E-state index contributed by atoms with van der Waals surface area (Å²) in [6.45, 7) is 5.24. The Morgan fingerprint density at radius 3 is 2.07 bits per heavy atom. The van der Waals surface area contributed by atoms with Gasteiger partial charge in [0.25, 0.3) is 0 Å². The van der Waals surface area contributed by atoms with Crippen LogP contribution in [0.15, 0.2) is 103 Å². The molecule has 214 valence electrons. The Balaban J connectivity index is 1.41. The van der Waals surface area contributed by atoms with E-state index in [1.165, 1.54) is 16.7 Å². The van der Waals surface area contributed by atoms with Crippen LogP contribution in [0.4, 0.5) is 5.69 Å². The second-order valence-corrected chi connectivity index (χ2v) is 13.0. The summed E-state index contributed by atoms with van der Waals surface area (Å²) in [6, 6.07) is 33.8. The molecule has 0 saturated carbocycles. The lowest BCUT2D eigenvalue weighted by molar-refractivity contribution is 0.0391. The Morgan fingerprint density at radius 1 is 0.878 bits per heavy atom. The Labute approximate surface area is 243 Å². The molecule has 1 aliphatic carbocycles. The quantitative estimate of drug-likeness (QED) is 0.215. The van der Waals surface area contributed by atoms with Gasteiger partial charge in [0.15, 0.2) is 0 Å². The number of fused-ring (bicyclic) bond motifs is 1. The fraction of sp³-hybridized carbons (Fsp3) is 0.294. The van der Waals surface area contributed by atoms with Gasteiger partial charge in [-0.2, -0.15) is 0 Å². The molecule has 6 nitrogen and oxygen atoms in total. The molecule has 0 bridgehead atoms. The van der Waals surface area contributed by atoms with Gasteiger partial charge in [-0.1, -0.05) is 91.0 Å². The minimum Gasteiger partial charge on any atom is -0.487 e. The highest BCUT2D eigenvalue weighted by Crippen LogP contribution is 2.37. The third-order valence-corrected chi connectivity index (χ3v) is 9.20. The molecule has 4 aromatic rings. The molecule has 0 aromatic heterocycles. The topological polar surface area (TPSA) is 78.9 Å². The van der Waals surface area contributed by atoms with Crippen molar-refractivity contribution in [3.8, 4) is 5.75 Å². The summed E-state index contributed by atoms with van der Waals surface area (Å²) in [5, 5.41) is 11.6. The maximum atomic E-state index is 12.5. The maximum absolute atomic E-state index is 12.5. The summed E-state index contributed by atoms with van der Waals surface area (Å²) in [7, 11) is -3.56. The van der Waals surface area contributed by atoms with E-state index in [4.69, 9.17) is 4.74 Å². The molecule has 1 atom stereocenters. The summed E-state index contributed by atoms with van der Waals surface area (Å²) in [6.07, 6.45) is 0.958. The molecule has 0 unspecified atom stereocenters. The Hall–Kier alpha value is -3.65. The second-order valence-electron chi connectivity index (χ2n) is 11.0. The molecule has 0 amide bonds. The van der Waals surface area contributed by atoms with Crippen molar-refractivity contribution < 1.29 is 18.3 Å². The minimum absolute atomic E-state index is 0.0678. The molecule has 2 N–H and O–H groups in total. The van der Waals surface area contributed by atoms with Gasteiger partial charge in [0.2, 0.25) is 10.0 Å². The number of benzene rings is 4.